The molecule has 1 unspecified atom stereocenters. The number of hydrogen-bond donors (Lipinski definition) is 1. The van der Waals surface area contributed by atoms with E-state index in [1.54, 1.807) is 18.9 Å². The molecule has 0 saturated carbocycles. The fraction of sp³-hybridized carbons (Fsp3) is 0.100. The van der Waals surface area contributed by atoms with Gasteiger partial charge in [-0.3, -0.25) is 0 Å². The Kier molecular flexibility index (Phi) is 3.63. The molecule has 1 aliphatic rings. The molecular weight excluding hydrogens is 320 g/mol. The monoisotopic (exact) mass is 336 g/mol. The van der Waals surface area contributed by atoms with Crippen LogP contribution in [0.2, 0.25) is 0 Å². The van der Waals surface area contributed by atoms with Gasteiger partial charge in [0, 0.05) is 9.79 Å². The number of hydrogen-bond acceptors (Lipinski definition) is 3. The van der Waals surface area contributed by atoms with Crippen LogP contribution in [0.1, 0.15) is 16.7 Å². The van der Waals surface area contributed by atoms with E-state index in [4.69, 9.17) is 17.4 Å². The van der Waals surface area contributed by atoms with Crippen molar-refractivity contribution in [2.75, 3.05) is 7.11 Å². The van der Waals surface area contributed by atoms with Crippen molar-refractivity contribution in [3.8, 4) is 5.75 Å². The molecular formula is C20H16OS2. The van der Waals surface area contributed by atoms with Gasteiger partial charge in [-0.2, -0.15) is 12.6 Å². The SMILES string of the molecule is COc1ccc2c(c1)Sc1ccccc1C2(S)c1ccccc1. The molecule has 3 heteroatoms. The molecule has 0 spiro atoms. The highest BCUT2D eigenvalue weighted by atomic mass is 32.2. The summed E-state index contributed by atoms with van der Waals surface area (Å²) in [6, 6.07) is 25.2. The molecule has 0 aromatic heterocycles. The molecule has 0 aliphatic carbocycles. The Morgan fingerprint density at radius 2 is 1.52 bits per heavy atom. The van der Waals surface area contributed by atoms with Crippen LogP contribution in [-0.2, 0) is 4.75 Å². The van der Waals surface area contributed by atoms with E-state index < -0.39 is 4.75 Å². The largest absolute Gasteiger partial charge is 0.497 e. The summed E-state index contributed by atoms with van der Waals surface area (Å²) >= 11 is 6.99. The minimum absolute atomic E-state index is 0.454. The lowest BCUT2D eigenvalue weighted by atomic mass is 9.83. The quantitative estimate of drug-likeness (QED) is 0.629. The van der Waals surface area contributed by atoms with Crippen LogP contribution in [-0.4, -0.2) is 7.11 Å². The van der Waals surface area contributed by atoms with Gasteiger partial charge >= 0.3 is 0 Å². The zero-order valence-electron chi connectivity index (χ0n) is 12.7. The van der Waals surface area contributed by atoms with Crippen molar-refractivity contribution in [2.24, 2.45) is 0 Å². The first-order valence-electron chi connectivity index (χ1n) is 7.47. The highest BCUT2D eigenvalue weighted by Gasteiger charge is 2.39. The lowest BCUT2D eigenvalue weighted by Gasteiger charge is -2.37. The van der Waals surface area contributed by atoms with E-state index in [9.17, 15) is 0 Å². The summed E-state index contributed by atoms with van der Waals surface area (Å²) in [6.45, 7) is 0. The molecule has 23 heavy (non-hydrogen) atoms. The van der Waals surface area contributed by atoms with E-state index in [0.29, 0.717) is 0 Å². The van der Waals surface area contributed by atoms with Crippen LogP contribution < -0.4 is 4.74 Å². The minimum atomic E-state index is -0.454. The summed E-state index contributed by atoms with van der Waals surface area (Å²) in [7, 11) is 1.70. The smallest absolute Gasteiger partial charge is 0.120 e. The van der Waals surface area contributed by atoms with Crippen LogP contribution in [0.5, 0.6) is 5.75 Å². The summed E-state index contributed by atoms with van der Waals surface area (Å²) in [5.41, 5.74) is 3.62. The van der Waals surface area contributed by atoms with Gasteiger partial charge in [-0.15, -0.1) is 0 Å². The summed E-state index contributed by atoms with van der Waals surface area (Å²) in [6.07, 6.45) is 0. The molecule has 3 aromatic carbocycles. The maximum Gasteiger partial charge on any atom is 0.120 e. The Hall–Kier alpha value is -1.84. The lowest BCUT2D eigenvalue weighted by molar-refractivity contribution is 0.413. The number of ether oxygens (including phenoxy) is 1. The van der Waals surface area contributed by atoms with Crippen LogP contribution in [0.15, 0.2) is 82.6 Å². The lowest BCUT2D eigenvalue weighted by Crippen LogP contribution is -2.26. The Balaban J connectivity index is 2.02. The summed E-state index contributed by atoms with van der Waals surface area (Å²) in [5, 5.41) is 0. The van der Waals surface area contributed by atoms with E-state index in [1.165, 1.54) is 26.5 Å². The standard InChI is InChI=1S/C20H16OS2/c1-21-15-11-12-17-19(13-15)23-18-10-6-5-9-16(18)20(17,22)14-7-3-2-4-8-14/h2-13,22H,1H3. The van der Waals surface area contributed by atoms with Gasteiger partial charge in [-0.25, -0.2) is 0 Å². The van der Waals surface area contributed by atoms with Gasteiger partial charge in [0.05, 0.1) is 11.9 Å². The van der Waals surface area contributed by atoms with E-state index in [2.05, 4.69) is 60.7 Å². The van der Waals surface area contributed by atoms with Crippen molar-refractivity contribution in [1.29, 1.82) is 0 Å². The Morgan fingerprint density at radius 1 is 0.826 bits per heavy atom. The first-order valence-corrected chi connectivity index (χ1v) is 8.73. The topological polar surface area (TPSA) is 9.23 Å². The Labute approximate surface area is 146 Å². The molecule has 4 rings (SSSR count). The Morgan fingerprint density at radius 3 is 2.30 bits per heavy atom. The van der Waals surface area contributed by atoms with Gasteiger partial charge in [0.2, 0.25) is 0 Å². The van der Waals surface area contributed by atoms with E-state index in [0.717, 1.165) is 5.75 Å². The molecule has 1 nitrogen and oxygen atoms in total. The van der Waals surface area contributed by atoms with Crippen molar-refractivity contribution >= 4 is 24.4 Å². The molecule has 1 aliphatic heterocycles. The van der Waals surface area contributed by atoms with Crippen LogP contribution in [0.4, 0.5) is 0 Å². The van der Waals surface area contributed by atoms with Crippen LogP contribution in [0, 0.1) is 0 Å². The van der Waals surface area contributed by atoms with Crippen LogP contribution >= 0.6 is 24.4 Å². The van der Waals surface area contributed by atoms with Gasteiger partial charge in [-0.1, -0.05) is 66.4 Å². The van der Waals surface area contributed by atoms with Gasteiger partial charge < -0.3 is 4.74 Å². The number of benzene rings is 3. The summed E-state index contributed by atoms with van der Waals surface area (Å²) < 4.78 is 4.95. The number of thiol groups is 1. The molecule has 1 heterocycles. The van der Waals surface area contributed by atoms with E-state index in [-0.39, 0.29) is 0 Å². The second kappa shape index (κ2) is 5.66. The van der Waals surface area contributed by atoms with Crippen molar-refractivity contribution in [3.63, 3.8) is 0 Å². The predicted molar refractivity (Wildman–Crippen MR) is 98.9 cm³/mol. The molecule has 0 radical (unpaired) electrons. The van der Waals surface area contributed by atoms with Crippen LogP contribution in [0.25, 0.3) is 0 Å². The fourth-order valence-corrected chi connectivity index (χ4v) is 5.03. The highest BCUT2D eigenvalue weighted by molar-refractivity contribution is 7.99. The zero-order valence-corrected chi connectivity index (χ0v) is 14.4. The van der Waals surface area contributed by atoms with Crippen molar-refractivity contribution in [2.45, 2.75) is 14.5 Å². The van der Waals surface area contributed by atoms with Gasteiger partial charge in [0.25, 0.3) is 0 Å². The summed E-state index contributed by atoms with van der Waals surface area (Å²) in [4.78, 5) is 2.44. The first-order chi connectivity index (χ1) is 11.2. The third-order valence-corrected chi connectivity index (χ3v) is 6.14. The summed E-state index contributed by atoms with van der Waals surface area (Å²) in [5.74, 6) is 0.874. The molecule has 0 fully saturated rings. The third kappa shape index (κ3) is 2.27. The maximum absolute atomic E-state index is 5.40. The molecule has 0 N–H and O–H groups in total. The Bertz CT molecular complexity index is 861. The van der Waals surface area contributed by atoms with E-state index >= 15 is 0 Å². The first kappa shape index (κ1) is 14.7. The molecule has 114 valence electrons. The van der Waals surface area contributed by atoms with Crippen molar-refractivity contribution in [3.05, 3.63) is 89.5 Å². The van der Waals surface area contributed by atoms with Crippen molar-refractivity contribution in [1.82, 2.24) is 0 Å². The van der Waals surface area contributed by atoms with Crippen molar-refractivity contribution < 1.29 is 4.74 Å². The molecule has 0 saturated heterocycles. The minimum Gasteiger partial charge on any atom is -0.497 e. The molecule has 1 atom stereocenters. The third-order valence-electron chi connectivity index (χ3n) is 4.27. The average molecular weight is 336 g/mol. The van der Waals surface area contributed by atoms with E-state index in [1.807, 2.05) is 12.1 Å². The molecule has 0 bridgehead atoms. The second-order valence-electron chi connectivity index (χ2n) is 5.54. The van der Waals surface area contributed by atoms with Crippen LogP contribution in [0.3, 0.4) is 0 Å². The van der Waals surface area contributed by atoms with Gasteiger partial charge in [0.15, 0.2) is 0 Å². The number of methoxy groups -OCH3 is 1. The fourth-order valence-electron chi connectivity index (χ4n) is 3.12. The number of rotatable bonds is 2. The zero-order chi connectivity index (χ0) is 15.9. The molecule has 0 amide bonds. The normalized spacial score (nSPS) is 18.9. The molecule has 3 aromatic rings. The van der Waals surface area contributed by atoms with Gasteiger partial charge in [0.1, 0.15) is 5.75 Å². The van der Waals surface area contributed by atoms with Gasteiger partial charge in [-0.05, 0) is 34.9 Å². The number of fused-ring (bicyclic) bond motifs is 2. The second-order valence-corrected chi connectivity index (χ2v) is 7.29. The average Bonchev–Trinajstić information content (AvgIpc) is 2.62. The predicted octanol–water partition coefficient (Wildman–Crippen LogP) is 5.38. The highest BCUT2D eigenvalue weighted by Crippen LogP contribution is 2.54. The maximum atomic E-state index is 5.40.